The van der Waals surface area contributed by atoms with Crippen LogP contribution in [-0.4, -0.2) is 30.2 Å². The number of carbonyl (C=O) groups is 1. The van der Waals surface area contributed by atoms with E-state index in [4.69, 9.17) is 9.39 Å². The van der Waals surface area contributed by atoms with Gasteiger partial charge in [-0.25, -0.2) is 0 Å². The van der Waals surface area contributed by atoms with Gasteiger partial charge in [0.25, 0.3) is 5.91 Å². The van der Waals surface area contributed by atoms with Crippen LogP contribution in [0, 0.1) is 0 Å². The lowest BCUT2D eigenvalue weighted by molar-refractivity contribution is -0.124. The van der Waals surface area contributed by atoms with E-state index in [1.807, 2.05) is 26.8 Å². The summed E-state index contributed by atoms with van der Waals surface area (Å²) in [7, 11) is -0.901. The number of fused-ring (bicyclic) bond motifs is 1. The van der Waals surface area contributed by atoms with E-state index in [2.05, 4.69) is 5.32 Å². The average Bonchev–Trinajstić information content (AvgIpc) is 2.66. The molecule has 0 saturated carbocycles. The Morgan fingerprint density at radius 1 is 1.53 bits per heavy atom. The van der Waals surface area contributed by atoms with E-state index in [-0.39, 0.29) is 18.1 Å². The van der Waals surface area contributed by atoms with E-state index >= 15 is 0 Å². The Kier molecular flexibility index (Phi) is 3.82. The third kappa shape index (κ3) is 3.72. The van der Waals surface area contributed by atoms with E-state index in [0.717, 1.165) is 5.56 Å². The highest BCUT2D eigenvalue weighted by molar-refractivity contribution is 6.61. The van der Waals surface area contributed by atoms with Gasteiger partial charge in [-0.05, 0) is 43.9 Å². The highest BCUT2D eigenvalue weighted by Crippen LogP contribution is 2.16. The van der Waals surface area contributed by atoms with Gasteiger partial charge in [0.05, 0.1) is 6.61 Å². The fraction of sp³-hybridized carbons (Fsp3) is 0.462. The lowest BCUT2D eigenvalue weighted by atomic mass is 9.79. The highest BCUT2D eigenvalue weighted by Gasteiger charge is 2.27. The van der Waals surface area contributed by atoms with E-state index in [9.17, 15) is 9.82 Å². The van der Waals surface area contributed by atoms with Crippen molar-refractivity contribution in [3.8, 4) is 5.75 Å². The predicted molar refractivity (Wildman–Crippen MR) is 72.2 cm³/mol. The number of carbonyl (C=O) groups excluding carboxylic acids is 1. The van der Waals surface area contributed by atoms with E-state index in [1.54, 1.807) is 12.1 Å². The van der Waals surface area contributed by atoms with Crippen LogP contribution in [0.3, 0.4) is 0 Å². The molecule has 0 atom stereocenters. The van der Waals surface area contributed by atoms with Gasteiger partial charge < -0.3 is 19.7 Å². The molecule has 6 heteroatoms. The largest absolute Gasteiger partial charge is 0.491 e. The van der Waals surface area contributed by atoms with Gasteiger partial charge in [-0.3, -0.25) is 4.79 Å². The molecular formula is C13H18BNO4. The molecule has 0 aliphatic carbocycles. The van der Waals surface area contributed by atoms with Gasteiger partial charge in [0, 0.05) is 5.54 Å². The molecule has 1 amide bonds. The number of amides is 1. The standard InChI is InChI=1S/C13H18BNO4/c1-13(2,3)15-12(16)8-18-10-5-4-9-7-19-14(17)11(9)6-10/h4-6,17H,7-8H2,1-3H3,(H,15,16). The molecule has 102 valence electrons. The molecule has 0 unspecified atom stereocenters. The van der Waals surface area contributed by atoms with Crippen LogP contribution in [0.2, 0.25) is 0 Å². The lowest BCUT2D eigenvalue weighted by Crippen LogP contribution is -2.43. The van der Waals surface area contributed by atoms with Crippen molar-refractivity contribution < 1.29 is 19.2 Å². The van der Waals surface area contributed by atoms with Crippen LogP contribution < -0.4 is 15.5 Å². The van der Waals surface area contributed by atoms with Crippen molar-refractivity contribution in [1.82, 2.24) is 5.32 Å². The minimum Gasteiger partial charge on any atom is -0.484 e. The Labute approximate surface area is 113 Å². The minimum absolute atomic E-state index is 0.0486. The maximum Gasteiger partial charge on any atom is 0.491 e. The third-order valence-electron chi connectivity index (χ3n) is 2.66. The van der Waals surface area contributed by atoms with Gasteiger partial charge in [-0.1, -0.05) is 6.07 Å². The SMILES string of the molecule is CC(C)(C)NC(=O)COc1ccc2c(c1)B(O)OC2. The monoisotopic (exact) mass is 263 g/mol. The van der Waals surface area contributed by atoms with Crippen molar-refractivity contribution in [3.05, 3.63) is 23.8 Å². The smallest absolute Gasteiger partial charge is 0.484 e. The van der Waals surface area contributed by atoms with Gasteiger partial charge in [-0.2, -0.15) is 0 Å². The van der Waals surface area contributed by atoms with Crippen LogP contribution >= 0.6 is 0 Å². The van der Waals surface area contributed by atoms with Crippen LogP contribution in [0.4, 0.5) is 0 Å². The van der Waals surface area contributed by atoms with Gasteiger partial charge in [0.1, 0.15) is 5.75 Å². The number of ether oxygens (including phenoxy) is 1. The van der Waals surface area contributed by atoms with Crippen molar-refractivity contribution in [2.75, 3.05) is 6.61 Å². The molecular weight excluding hydrogens is 245 g/mol. The van der Waals surface area contributed by atoms with Crippen LogP contribution in [0.1, 0.15) is 26.3 Å². The summed E-state index contributed by atoms with van der Waals surface area (Å²) >= 11 is 0. The number of hydrogen-bond donors (Lipinski definition) is 2. The zero-order valence-corrected chi connectivity index (χ0v) is 11.4. The molecule has 1 aromatic carbocycles. The second kappa shape index (κ2) is 5.23. The number of rotatable bonds is 3. The summed E-state index contributed by atoms with van der Waals surface area (Å²) in [5, 5.41) is 12.4. The summed E-state index contributed by atoms with van der Waals surface area (Å²) in [6.07, 6.45) is 0. The Bertz CT molecular complexity index is 484. The fourth-order valence-electron chi connectivity index (χ4n) is 1.89. The second-order valence-corrected chi connectivity index (χ2v) is 5.61. The molecule has 19 heavy (non-hydrogen) atoms. The first-order valence-electron chi connectivity index (χ1n) is 6.21. The Morgan fingerprint density at radius 3 is 2.95 bits per heavy atom. The average molecular weight is 263 g/mol. The summed E-state index contributed by atoms with van der Waals surface area (Å²) < 4.78 is 10.5. The van der Waals surface area contributed by atoms with Crippen molar-refractivity contribution in [3.63, 3.8) is 0 Å². The van der Waals surface area contributed by atoms with Gasteiger partial charge >= 0.3 is 7.12 Å². The Balaban J connectivity index is 1.94. The zero-order chi connectivity index (χ0) is 14.0. The summed E-state index contributed by atoms with van der Waals surface area (Å²) in [5.41, 5.74) is 1.37. The molecule has 0 radical (unpaired) electrons. The molecule has 0 bridgehead atoms. The molecule has 2 N–H and O–H groups in total. The number of hydrogen-bond acceptors (Lipinski definition) is 4. The summed E-state index contributed by atoms with van der Waals surface area (Å²) in [5.74, 6) is 0.372. The molecule has 1 aromatic rings. The van der Waals surface area contributed by atoms with Crippen molar-refractivity contribution in [1.29, 1.82) is 0 Å². The maximum absolute atomic E-state index is 11.6. The van der Waals surface area contributed by atoms with Crippen LogP contribution in [-0.2, 0) is 16.1 Å². The van der Waals surface area contributed by atoms with Crippen LogP contribution in [0.5, 0.6) is 5.75 Å². The summed E-state index contributed by atoms with van der Waals surface area (Å²) in [6, 6.07) is 5.31. The quantitative estimate of drug-likeness (QED) is 0.764. The fourth-order valence-corrected chi connectivity index (χ4v) is 1.89. The molecule has 1 heterocycles. The first-order valence-corrected chi connectivity index (χ1v) is 6.21. The number of nitrogens with one attached hydrogen (secondary N) is 1. The highest BCUT2D eigenvalue weighted by atomic mass is 16.5. The van der Waals surface area contributed by atoms with Crippen molar-refractivity contribution in [2.45, 2.75) is 32.9 Å². The van der Waals surface area contributed by atoms with Crippen molar-refractivity contribution in [2.24, 2.45) is 0 Å². The van der Waals surface area contributed by atoms with Crippen LogP contribution in [0.25, 0.3) is 0 Å². The normalized spacial score (nSPS) is 14.2. The zero-order valence-electron chi connectivity index (χ0n) is 11.4. The molecule has 0 saturated heterocycles. The van der Waals surface area contributed by atoms with Gasteiger partial charge in [0.15, 0.2) is 6.61 Å². The molecule has 0 fully saturated rings. The first kappa shape index (κ1) is 13.9. The van der Waals surface area contributed by atoms with E-state index in [1.165, 1.54) is 0 Å². The lowest BCUT2D eigenvalue weighted by Gasteiger charge is -2.20. The van der Waals surface area contributed by atoms with Gasteiger partial charge in [0.2, 0.25) is 0 Å². The Hall–Kier alpha value is -1.53. The topological polar surface area (TPSA) is 67.8 Å². The van der Waals surface area contributed by atoms with E-state index < -0.39 is 7.12 Å². The van der Waals surface area contributed by atoms with Crippen molar-refractivity contribution >= 4 is 18.5 Å². The third-order valence-corrected chi connectivity index (χ3v) is 2.66. The predicted octanol–water partition coefficient (Wildman–Crippen LogP) is 0.198. The molecule has 0 spiro atoms. The summed E-state index contributed by atoms with van der Waals surface area (Å²) in [6.45, 7) is 6.09. The number of benzene rings is 1. The Morgan fingerprint density at radius 2 is 2.26 bits per heavy atom. The van der Waals surface area contributed by atoms with Crippen LogP contribution in [0.15, 0.2) is 18.2 Å². The van der Waals surface area contributed by atoms with E-state index in [0.29, 0.717) is 17.8 Å². The molecule has 0 aromatic heterocycles. The maximum atomic E-state index is 11.6. The second-order valence-electron chi connectivity index (χ2n) is 5.61. The summed E-state index contributed by atoms with van der Waals surface area (Å²) in [4.78, 5) is 11.6. The molecule has 1 aliphatic heterocycles. The molecule has 5 nitrogen and oxygen atoms in total. The van der Waals surface area contributed by atoms with Gasteiger partial charge in [-0.15, -0.1) is 0 Å². The molecule has 2 rings (SSSR count). The first-order chi connectivity index (χ1) is 8.85. The molecule has 1 aliphatic rings. The minimum atomic E-state index is -0.901.